The first-order chi connectivity index (χ1) is 8.97. The molecule has 1 fully saturated rings. The van der Waals surface area contributed by atoms with Crippen molar-refractivity contribution in [2.75, 3.05) is 0 Å². The Labute approximate surface area is 118 Å². The Morgan fingerprint density at radius 2 is 2.05 bits per heavy atom. The SMILES string of the molecule is O=C(N[C@H]1CCC[C@H]1C(=O)O)c1cc(F)cc(Br)c1. The lowest BCUT2D eigenvalue weighted by Gasteiger charge is -2.17. The van der Waals surface area contributed by atoms with Crippen LogP contribution in [0.4, 0.5) is 4.39 Å². The van der Waals surface area contributed by atoms with Gasteiger partial charge in [-0.2, -0.15) is 0 Å². The smallest absolute Gasteiger partial charge is 0.308 e. The molecule has 1 aromatic rings. The van der Waals surface area contributed by atoms with Crippen LogP contribution in [-0.2, 0) is 4.79 Å². The van der Waals surface area contributed by atoms with Gasteiger partial charge in [-0.1, -0.05) is 22.4 Å². The number of carboxylic acid groups (broad SMARTS) is 1. The molecule has 0 heterocycles. The van der Waals surface area contributed by atoms with Crippen molar-refractivity contribution < 1.29 is 19.1 Å². The van der Waals surface area contributed by atoms with Crippen molar-refractivity contribution in [3.63, 3.8) is 0 Å². The maximum Gasteiger partial charge on any atom is 0.308 e. The van der Waals surface area contributed by atoms with Crippen LogP contribution in [0.2, 0.25) is 0 Å². The minimum absolute atomic E-state index is 0.183. The summed E-state index contributed by atoms with van der Waals surface area (Å²) in [5, 5.41) is 11.7. The van der Waals surface area contributed by atoms with Crippen molar-refractivity contribution in [2.24, 2.45) is 5.92 Å². The molecule has 102 valence electrons. The quantitative estimate of drug-likeness (QED) is 0.895. The van der Waals surface area contributed by atoms with Crippen LogP contribution < -0.4 is 5.32 Å². The number of nitrogens with one attached hydrogen (secondary N) is 1. The van der Waals surface area contributed by atoms with Crippen LogP contribution in [0, 0.1) is 11.7 Å². The second kappa shape index (κ2) is 5.69. The minimum atomic E-state index is -0.900. The van der Waals surface area contributed by atoms with Crippen LogP contribution in [0.5, 0.6) is 0 Å². The Kier molecular flexibility index (Phi) is 4.19. The maximum absolute atomic E-state index is 13.2. The van der Waals surface area contributed by atoms with Crippen LogP contribution >= 0.6 is 15.9 Å². The Balaban J connectivity index is 2.10. The molecule has 0 spiro atoms. The molecule has 0 aliphatic heterocycles. The van der Waals surface area contributed by atoms with E-state index in [4.69, 9.17) is 5.11 Å². The normalized spacial score (nSPS) is 22.2. The van der Waals surface area contributed by atoms with E-state index in [0.29, 0.717) is 17.3 Å². The summed E-state index contributed by atoms with van der Waals surface area (Å²) < 4.78 is 13.7. The Bertz CT molecular complexity index is 500. The number of benzene rings is 1. The fourth-order valence-corrected chi connectivity index (χ4v) is 2.83. The second-order valence-electron chi connectivity index (χ2n) is 4.61. The molecule has 0 aromatic heterocycles. The highest BCUT2D eigenvalue weighted by atomic mass is 79.9. The Hall–Kier alpha value is -1.43. The Morgan fingerprint density at radius 3 is 2.68 bits per heavy atom. The van der Waals surface area contributed by atoms with Gasteiger partial charge in [0.15, 0.2) is 0 Å². The molecular formula is C13H13BrFNO3. The van der Waals surface area contributed by atoms with Gasteiger partial charge in [0.25, 0.3) is 5.91 Å². The van der Waals surface area contributed by atoms with Crippen LogP contribution in [0.1, 0.15) is 29.6 Å². The second-order valence-corrected chi connectivity index (χ2v) is 5.53. The van der Waals surface area contributed by atoms with Crippen molar-refractivity contribution in [1.29, 1.82) is 0 Å². The molecule has 0 bridgehead atoms. The molecule has 0 saturated heterocycles. The summed E-state index contributed by atoms with van der Waals surface area (Å²) in [5.41, 5.74) is 0.183. The van der Waals surface area contributed by atoms with E-state index in [2.05, 4.69) is 21.2 Å². The number of halogens is 2. The van der Waals surface area contributed by atoms with E-state index >= 15 is 0 Å². The third-order valence-corrected chi connectivity index (χ3v) is 3.73. The lowest BCUT2D eigenvalue weighted by Crippen LogP contribution is -2.40. The molecule has 2 atom stereocenters. The molecular weight excluding hydrogens is 317 g/mol. The average molecular weight is 330 g/mol. The highest BCUT2D eigenvalue weighted by molar-refractivity contribution is 9.10. The minimum Gasteiger partial charge on any atom is -0.481 e. The van der Waals surface area contributed by atoms with Crippen molar-refractivity contribution >= 4 is 27.8 Å². The summed E-state index contributed by atoms with van der Waals surface area (Å²) in [7, 11) is 0. The number of carbonyl (C=O) groups excluding carboxylic acids is 1. The fourth-order valence-electron chi connectivity index (χ4n) is 2.37. The van der Waals surface area contributed by atoms with Gasteiger partial charge in [-0.25, -0.2) is 4.39 Å². The maximum atomic E-state index is 13.2. The predicted octanol–water partition coefficient (Wildman–Crippen LogP) is 2.57. The molecule has 2 rings (SSSR count). The van der Waals surface area contributed by atoms with Gasteiger partial charge in [0.05, 0.1) is 5.92 Å². The fraction of sp³-hybridized carbons (Fsp3) is 0.385. The first kappa shape index (κ1) is 14.0. The monoisotopic (exact) mass is 329 g/mol. The van der Waals surface area contributed by atoms with Gasteiger partial charge in [-0.05, 0) is 31.0 Å². The third kappa shape index (κ3) is 3.32. The molecule has 1 saturated carbocycles. The number of hydrogen-bond donors (Lipinski definition) is 2. The summed E-state index contributed by atoms with van der Waals surface area (Å²) in [6.07, 6.45) is 1.97. The van der Waals surface area contributed by atoms with E-state index in [0.717, 1.165) is 12.5 Å². The number of rotatable bonds is 3. The van der Waals surface area contributed by atoms with E-state index in [1.807, 2.05) is 0 Å². The lowest BCUT2D eigenvalue weighted by molar-refractivity contribution is -0.142. The van der Waals surface area contributed by atoms with Gasteiger partial charge < -0.3 is 10.4 Å². The zero-order chi connectivity index (χ0) is 14.0. The molecule has 1 amide bonds. The zero-order valence-corrected chi connectivity index (χ0v) is 11.6. The van der Waals surface area contributed by atoms with E-state index in [-0.39, 0.29) is 11.6 Å². The predicted molar refractivity (Wildman–Crippen MR) is 70.3 cm³/mol. The first-order valence-corrected chi connectivity index (χ1v) is 6.76. The summed E-state index contributed by atoms with van der Waals surface area (Å²) >= 11 is 3.11. The molecule has 0 unspecified atom stereocenters. The van der Waals surface area contributed by atoms with Crippen molar-refractivity contribution in [2.45, 2.75) is 25.3 Å². The number of aliphatic carboxylic acids is 1. The van der Waals surface area contributed by atoms with E-state index in [9.17, 15) is 14.0 Å². The summed E-state index contributed by atoms with van der Waals surface area (Å²) in [4.78, 5) is 23.0. The number of carboxylic acids is 1. The van der Waals surface area contributed by atoms with Crippen molar-refractivity contribution in [3.8, 4) is 0 Å². The van der Waals surface area contributed by atoms with E-state index in [1.54, 1.807) is 0 Å². The van der Waals surface area contributed by atoms with Gasteiger partial charge in [0.2, 0.25) is 0 Å². The lowest BCUT2D eigenvalue weighted by atomic mass is 10.0. The largest absolute Gasteiger partial charge is 0.481 e. The topological polar surface area (TPSA) is 66.4 Å². The molecule has 6 heteroatoms. The summed E-state index contributed by atoms with van der Waals surface area (Å²) in [5.74, 6) is -2.41. The number of carbonyl (C=O) groups is 2. The molecule has 4 nitrogen and oxygen atoms in total. The highest BCUT2D eigenvalue weighted by Crippen LogP contribution is 2.26. The van der Waals surface area contributed by atoms with Gasteiger partial charge in [0.1, 0.15) is 5.82 Å². The average Bonchev–Trinajstić information content (AvgIpc) is 2.75. The molecule has 0 radical (unpaired) electrons. The Morgan fingerprint density at radius 1 is 1.32 bits per heavy atom. The standard InChI is InChI=1S/C13H13BrFNO3/c14-8-4-7(5-9(15)6-8)12(17)16-11-3-1-2-10(11)13(18)19/h4-6,10-11H,1-3H2,(H,16,17)(H,18,19)/t10-,11+/m1/s1. The summed E-state index contributed by atoms with van der Waals surface area (Å²) in [6, 6.07) is 3.51. The van der Waals surface area contributed by atoms with Gasteiger partial charge >= 0.3 is 5.97 Å². The van der Waals surface area contributed by atoms with Gasteiger partial charge in [-0.3, -0.25) is 9.59 Å². The van der Waals surface area contributed by atoms with Crippen molar-refractivity contribution in [1.82, 2.24) is 5.32 Å². The van der Waals surface area contributed by atoms with Gasteiger partial charge in [0, 0.05) is 16.1 Å². The zero-order valence-electron chi connectivity index (χ0n) is 10.0. The van der Waals surface area contributed by atoms with Crippen LogP contribution in [-0.4, -0.2) is 23.0 Å². The van der Waals surface area contributed by atoms with E-state index in [1.165, 1.54) is 12.1 Å². The molecule has 1 aliphatic rings. The highest BCUT2D eigenvalue weighted by Gasteiger charge is 2.34. The third-order valence-electron chi connectivity index (χ3n) is 3.27. The van der Waals surface area contributed by atoms with Crippen LogP contribution in [0.15, 0.2) is 22.7 Å². The molecule has 1 aromatic carbocycles. The number of hydrogen-bond acceptors (Lipinski definition) is 2. The first-order valence-electron chi connectivity index (χ1n) is 5.97. The molecule has 1 aliphatic carbocycles. The van der Waals surface area contributed by atoms with E-state index < -0.39 is 23.6 Å². The van der Waals surface area contributed by atoms with Crippen LogP contribution in [0.3, 0.4) is 0 Å². The van der Waals surface area contributed by atoms with Gasteiger partial charge in [-0.15, -0.1) is 0 Å². The van der Waals surface area contributed by atoms with Crippen molar-refractivity contribution in [3.05, 3.63) is 34.1 Å². The van der Waals surface area contributed by atoms with Crippen LogP contribution in [0.25, 0.3) is 0 Å². The number of amides is 1. The molecule has 19 heavy (non-hydrogen) atoms. The summed E-state index contributed by atoms with van der Waals surface area (Å²) in [6.45, 7) is 0. The molecule has 2 N–H and O–H groups in total.